The molecular weight excluding hydrogens is 303 g/mol. The zero-order chi connectivity index (χ0) is 16.4. The van der Waals surface area contributed by atoms with Gasteiger partial charge in [0.25, 0.3) is 5.91 Å². The van der Waals surface area contributed by atoms with Gasteiger partial charge >= 0.3 is 5.69 Å². The lowest BCUT2D eigenvalue weighted by Gasteiger charge is -2.08. The summed E-state index contributed by atoms with van der Waals surface area (Å²) < 4.78 is 18.6. The Morgan fingerprint density at radius 2 is 2.04 bits per heavy atom. The number of amides is 1. The van der Waals surface area contributed by atoms with Crippen molar-refractivity contribution in [2.45, 2.75) is 18.9 Å². The SMILES string of the molecule is O=C(NC1CC1)c1cccc(Oc2ccc(F)cc2[N+](=O)[O-])c1. The average molecular weight is 316 g/mol. The van der Waals surface area contributed by atoms with E-state index in [-0.39, 0.29) is 23.4 Å². The predicted octanol–water partition coefficient (Wildman–Crippen LogP) is 3.42. The van der Waals surface area contributed by atoms with Crippen LogP contribution in [0.25, 0.3) is 0 Å². The zero-order valence-electron chi connectivity index (χ0n) is 12.0. The number of rotatable bonds is 5. The highest BCUT2D eigenvalue weighted by molar-refractivity contribution is 5.94. The van der Waals surface area contributed by atoms with E-state index in [2.05, 4.69) is 5.32 Å². The number of carbonyl (C=O) groups is 1. The van der Waals surface area contributed by atoms with Crippen LogP contribution in [0.3, 0.4) is 0 Å². The molecule has 6 nitrogen and oxygen atoms in total. The van der Waals surface area contributed by atoms with Gasteiger partial charge < -0.3 is 10.1 Å². The Labute approximate surface area is 131 Å². The van der Waals surface area contributed by atoms with Crippen LogP contribution >= 0.6 is 0 Å². The van der Waals surface area contributed by atoms with Crippen LogP contribution in [0.5, 0.6) is 11.5 Å². The van der Waals surface area contributed by atoms with Gasteiger partial charge in [-0.3, -0.25) is 14.9 Å². The number of hydrogen-bond acceptors (Lipinski definition) is 4. The van der Waals surface area contributed by atoms with Crippen molar-refractivity contribution in [1.82, 2.24) is 5.32 Å². The molecule has 0 aliphatic heterocycles. The molecule has 1 saturated carbocycles. The highest BCUT2D eigenvalue weighted by atomic mass is 19.1. The van der Waals surface area contributed by atoms with E-state index in [9.17, 15) is 19.3 Å². The van der Waals surface area contributed by atoms with Gasteiger partial charge in [-0.1, -0.05) is 6.07 Å². The molecule has 1 aliphatic rings. The molecule has 3 rings (SSSR count). The lowest BCUT2D eigenvalue weighted by Crippen LogP contribution is -2.25. The fourth-order valence-corrected chi connectivity index (χ4v) is 2.04. The first-order chi connectivity index (χ1) is 11.0. The van der Waals surface area contributed by atoms with Crippen molar-refractivity contribution >= 4 is 11.6 Å². The second-order valence-corrected chi connectivity index (χ2v) is 5.25. The number of nitro benzene ring substituents is 1. The summed E-state index contributed by atoms with van der Waals surface area (Å²) in [5.74, 6) is -0.757. The third-order valence-electron chi connectivity index (χ3n) is 3.35. The smallest absolute Gasteiger partial charge is 0.314 e. The second kappa shape index (κ2) is 6.04. The summed E-state index contributed by atoms with van der Waals surface area (Å²) in [6.45, 7) is 0. The van der Waals surface area contributed by atoms with Gasteiger partial charge in [0.05, 0.1) is 11.0 Å². The van der Waals surface area contributed by atoms with Crippen LogP contribution < -0.4 is 10.1 Å². The molecule has 0 atom stereocenters. The third kappa shape index (κ3) is 3.63. The highest BCUT2D eigenvalue weighted by Crippen LogP contribution is 2.32. The van der Waals surface area contributed by atoms with Gasteiger partial charge in [-0.05, 0) is 43.2 Å². The van der Waals surface area contributed by atoms with Crippen molar-refractivity contribution in [2.75, 3.05) is 0 Å². The Kier molecular flexibility index (Phi) is 3.92. The molecule has 0 bridgehead atoms. The van der Waals surface area contributed by atoms with E-state index in [0.29, 0.717) is 5.56 Å². The maximum atomic E-state index is 13.1. The number of benzene rings is 2. The number of halogens is 1. The summed E-state index contributed by atoms with van der Waals surface area (Å²) in [5.41, 5.74) is -0.0722. The Morgan fingerprint density at radius 3 is 2.74 bits per heavy atom. The molecule has 0 saturated heterocycles. The quantitative estimate of drug-likeness (QED) is 0.677. The number of hydrogen-bond donors (Lipinski definition) is 1. The molecule has 2 aromatic rings. The van der Waals surface area contributed by atoms with Crippen LogP contribution in [0.15, 0.2) is 42.5 Å². The number of carbonyl (C=O) groups excluding carboxylic acids is 1. The lowest BCUT2D eigenvalue weighted by atomic mass is 10.2. The Hall–Kier alpha value is -2.96. The van der Waals surface area contributed by atoms with E-state index in [0.717, 1.165) is 25.0 Å². The molecular formula is C16H13FN2O4. The van der Waals surface area contributed by atoms with Crippen molar-refractivity contribution < 1.29 is 18.8 Å². The van der Waals surface area contributed by atoms with Crippen molar-refractivity contribution in [3.8, 4) is 11.5 Å². The standard InChI is InChI=1S/C16H13FN2O4/c17-11-4-7-15(14(9-11)19(21)22)23-13-3-1-2-10(8-13)16(20)18-12-5-6-12/h1-4,7-9,12H,5-6H2,(H,18,20). The van der Waals surface area contributed by atoms with E-state index in [4.69, 9.17) is 4.74 Å². The minimum atomic E-state index is -0.721. The summed E-state index contributed by atoms with van der Waals surface area (Å²) in [6.07, 6.45) is 1.95. The van der Waals surface area contributed by atoms with Gasteiger partial charge in [-0.2, -0.15) is 0 Å². The lowest BCUT2D eigenvalue weighted by molar-refractivity contribution is -0.385. The van der Waals surface area contributed by atoms with Crippen molar-refractivity contribution in [1.29, 1.82) is 0 Å². The van der Waals surface area contributed by atoms with Gasteiger partial charge in [-0.15, -0.1) is 0 Å². The van der Waals surface area contributed by atoms with E-state index >= 15 is 0 Å². The molecule has 1 fully saturated rings. The van der Waals surface area contributed by atoms with Crippen LogP contribution in [0, 0.1) is 15.9 Å². The Bertz CT molecular complexity index is 774. The highest BCUT2D eigenvalue weighted by Gasteiger charge is 2.24. The predicted molar refractivity (Wildman–Crippen MR) is 80.1 cm³/mol. The molecule has 7 heteroatoms. The van der Waals surface area contributed by atoms with Crippen LogP contribution in [0.2, 0.25) is 0 Å². The zero-order valence-corrected chi connectivity index (χ0v) is 12.0. The van der Waals surface area contributed by atoms with E-state index < -0.39 is 16.4 Å². The number of nitrogens with one attached hydrogen (secondary N) is 1. The molecule has 1 aliphatic carbocycles. The third-order valence-corrected chi connectivity index (χ3v) is 3.35. The summed E-state index contributed by atoms with van der Waals surface area (Å²) in [7, 11) is 0. The molecule has 0 aromatic heterocycles. The van der Waals surface area contributed by atoms with Crippen LogP contribution in [-0.4, -0.2) is 16.9 Å². The summed E-state index contributed by atoms with van der Waals surface area (Å²) in [6, 6.07) is 9.59. The average Bonchev–Trinajstić information content (AvgIpc) is 3.33. The minimum absolute atomic E-state index is 0.0869. The Balaban J connectivity index is 1.83. The van der Waals surface area contributed by atoms with Gasteiger partial charge in [0.1, 0.15) is 11.6 Å². The molecule has 0 spiro atoms. The molecule has 1 amide bonds. The monoisotopic (exact) mass is 316 g/mol. The van der Waals surface area contributed by atoms with Crippen LogP contribution in [-0.2, 0) is 0 Å². The summed E-state index contributed by atoms with van der Waals surface area (Å²) in [4.78, 5) is 22.2. The van der Waals surface area contributed by atoms with Crippen molar-refractivity contribution in [3.63, 3.8) is 0 Å². The van der Waals surface area contributed by atoms with Gasteiger partial charge in [0, 0.05) is 11.6 Å². The molecule has 0 unspecified atom stereocenters. The first-order valence-corrected chi connectivity index (χ1v) is 7.05. The number of nitro groups is 1. The van der Waals surface area contributed by atoms with Crippen molar-refractivity contribution in [3.05, 3.63) is 64.0 Å². The van der Waals surface area contributed by atoms with Crippen LogP contribution in [0.4, 0.5) is 10.1 Å². The normalized spacial score (nSPS) is 13.4. The van der Waals surface area contributed by atoms with Crippen molar-refractivity contribution in [2.24, 2.45) is 0 Å². The number of nitrogens with zero attached hydrogens (tertiary/aromatic N) is 1. The van der Waals surface area contributed by atoms with Gasteiger partial charge in [-0.25, -0.2) is 4.39 Å². The van der Waals surface area contributed by atoms with Crippen LogP contribution in [0.1, 0.15) is 23.2 Å². The molecule has 2 aromatic carbocycles. The molecule has 118 valence electrons. The maximum Gasteiger partial charge on any atom is 0.314 e. The fraction of sp³-hybridized carbons (Fsp3) is 0.188. The first kappa shape index (κ1) is 15.0. The van der Waals surface area contributed by atoms with E-state index in [1.807, 2.05) is 0 Å². The second-order valence-electron chi connectivity index (χ2n) is 5.25. The van der Waals surface area contributed by atoms with Gasteiger partial charge in [0.2, 0.25) is 5.75 Å². The van der Waals surface area contributed by atoms with E-state index in [1.54, 1.807) is 18.2 Å². The molecule has 23 heavy (non-hydrogen) atoms. The molecule has 0 heterocycles. The largest absolute Gasteiger partial charge is 0.450 e. The molecule has 1 N–H and O–H groups in total. The maximum absolute atomic E-state index is 13.1. The fourth-order valence-electron chi connectivity index (χ4n) is 2.04. The topological polar surface area (TPSA) is 81.5 Å². The number of ether oxygens (including phenoxy) is 1. The minimum Gasteiger partial charge on any atom is -0.450 e. The summed E-state index contributed by atoms with van der Waals surface area (Å²) >= 11 is 0. The first-order valence-electron chi connectivity index (χ1n) is 7.05. The Morgan fingerprint density at radius 1 is 1.26 bits per heavy atom. The molecule has 0 radical (unpaired) electrons. The van der Waals surface area contributed by atoms with E-state index in [1.165, 1.54) is 12.1 Å². The van der Waals surface area contributed by atoms with Gasteiger partial charge in [0.15, 0.2) is 0 Å². The summed E-state index contributed by atoms with van der Waals surface area (Å²) in [5, 5.41) is 13.8.